The highest BCUT2D eigenvalue weighted by Gasteiger charge is 2.19. The summed E-state index contributed by atoms with van der Waals surface area (Å²) in [5.41, 5.74) is 0. The highest BCUT2D eigenvalue weighted by atomic mass is 79.9. The van der Waals surface area contributed by atoms with Crippen molar-refractivity contribution >= 4 is 43.3 Å². The van der Waals surface area contributed by atoms with Crippen LogP contribution in [-0.4, -0.2) is 26.0 Å². The van der Waals surface area contributed by atoms with E-state index < -0.39 is 16.0 Å². The summed E-state index contributed by atoms with van der Waals surface area (Å²) >= 11 is 4.36. The van der Waals surface area contributed by atoms with E-state index in [-0.39, 0.29) is 16.5 Å². The Bertz CT molecular complexity index is 541. The predicted octanol–water partition coefficient (Wildman–Crippen LogP) is 3.07. The molecular weight excluding hydrogens is 366 g/mol. The molecule has 0 aliphatic carbocycles. The zero-order valence-electron chi connectivity index (χ0n) is 11.1. The third kappa shape index (κ3) is 5.51. The van der Waals surface area contributed by atoms with Gasteiger partial charge in [-0.05, 0) is 46.1 Å². The van der Waals surface area contributed by atoms with E-state index in [4.69, 9.17) is 5.11 Å². The molecule has 8 heteroatoms. The van der Waals surface area contributed by atoms with Gasteiger partial charge in [0.05, 0.1) is 0 Å². The van der Waals surface area contributed by atoms with Gasteiger partial charge in [0, 0.05) is 17.4 Å². The second-order valence-electron chi connectivity index (χ2n) is 4.45. The van der Waals surface area contributed by atoms with Gasteiger partial charge in [-0.25, -0.2) is 13.1 Å². The summed E-state index contributed by atoms with van der Waals surface area (Å²) in [6.45, 7) is 2.31. The first-order valence-electron chi connectivity index (χ1n) is 6.31. The molecule has 0 aromatic carbocycles. The molecule has 0 fully saturated rings. The van der Waals surface area contributed by atoms with Crippen molar-refractivity contribution in [3.05, 3.63) is 15.9 Å². The quantitative estimate of drug-likeness (QED) is 0.686. The topological polar surface area (TPSA) is 83.5 Å². The van der Waals surface area contributed by atoms with Crippen molar-refractivity contribution in [3.8, 4) is 0 Å². The monoisotopic (exact) mass is 383 g/mol. The number of sulfonamides is 1. The molecule has 1 aromatic heterocycles. The number of halogens is 1. The average Bonchev–Trinajstić information content (AvgIpc) is 2.80. The predicted molar refractivity (Wildman–Crippen MR) is 82.5 cm³/mol. The third-order valence-electron chi connectivity index (χ3n) is 3.02. The van der Waals surface area contributed by atoms with Gasteiger partial charge in [0.1, 0.15) is 4.21 Å². The summed E-state index contributed by atoms with van der Waals surface area (Å²) in [7, 11) is -3.48. The van der Waals surface area contributed by atoms with Gasteiger partial charge in [-0.1, -0.05) is 13.3 Å². The van der Waals surface area contributed by atoms with Crippen molar-refractivity contribution in [2.45, 2.75) is 36.8 Å². The van der Waals surface area contributed by atoms with Gasteiger partial charge in [0.25, 0.3) is 10.0 Å². The lowest BCUT2D eigenvalue weighted by atomic mass is 9.97. The molecule has 5 nitrogen and oxygen atoms in total. The Hall–Kier alpha value is -0.440. The van der Waals surface area contributed by atoms with E-state index in [1.807, 2.05) is 6.92 Å². The number of carboxylic acid groups (broad SMARTS) is 1. The maximum atomic E-state index is 12.0. The van der Waals surface area contributed by atoms with E-state index in [1.54, 1.807) is 11.4 Å². The van der Waals surface area contributed by atoms with Crippen LogP contribution in [0.5, 0.6) is 0 Å². The Morgan fingerprint density at radius 2 is 2.20 bits per heavy atom. The van der Waals surface area contributed by atoms with Crippen LogP contribution in [0.3, 0.4) is 0 Å². The van der Waals surface area contributed by atoms with Crippen LogP contribution < -0.4 is 4.72 Å². The molecule has 1 unspecified atom stereocenters. The maximum absolute atomic E-state index is 12.0. The molecule has 1 heterocycles. The van der Waals surface area contributed by atoms with Crippen molar-refractivity contribution in [1.82, 2.24) is 4.72 Å². The zero-order valence-corrected chi connectivity index (χ0v) is 14.4. The Labute approximate surface area is 131 Å². The first-order chi connectivity index (χ1) is 9.36. The Morgan fingerprint density at radius 3 is 2.70 bits per heavy atom. The smallest absolute Gasteiger partial charge is 0.303 e. The molecule has 0 bridgehead atoms. The molecule has 0 spiro atoms. The van der Waals surface area contributed by atoms with Crippen LogP contribution in [0.2, 0.25) is 0 Å². The molecule has 2 N–H and O–H groups in total. The number of nitrogens with one attached hydrogen (secondary N) is 1. The van der Waals surface area contributed by atoms with Gasteiger partial charge < -0.3 is 5.11 Å². The van der Waals surface area contributed by atoms with Crippen molar-refractivity contribution < 1.29 is 18.3 Å². The molecule has 1 rings (SSSR count). The van der Waals surface area contributed by atoms with E-state index >= 15 is 0 Å². The first-order valence-corrected chi connectivity index (χ1v) is 9.46. The van der Waals surface area contributed by atoms with E-state index in [9.17, 15) is 13.2 Å². The molecule has 0 saturated carbocycles. The molecule has 0 radical (unpaired) electrons. The fourth-order valence-electron chi connectivity index (χ4n) is 1.81. The maximum Gasteiger partial charge on any atom is 0.303 e. The standard InChI is InChI=1S/C12H18BrNO4S2/c1-2-9(3-4-11(15)16)5-7-14-20(17,18)12-10(13)6-8-19-12/h6,8-9,14H,2-5,7H2,1H3,(H,15,16). The van der Waals surface area contributed by atoms with Gasteiger partial charge in [-0.15, -0.1) is 11.3 Å². The van der Waals surface area contributed by atoms with Gasteiger partial charge in [-0.3, -0.25) is 4.79 Å². The van der Waals surface area contributed by atoms with Crippen molar-refractivity contribution in [1.29, 1.82) is 0 Å². The minimum absolute atomic E-state index is 0.127. The fourth-order valence-corrected chi connectivity index (χ4v) is 5.24. The van der Waals surface area contributed by atoms with Crippen LogP contribution in [0.1, 0.15) is 32.6 Å². The molecule has 114 valence electrons. The molecule has 0 saturated heterocycles. The largest absolute Gasteiger partial charge is 0.481 e. The number of thiophene rings is 1. The number of aliphatic carboxylic acids is 1. The van der Waals surface area contributed by atoms with E-state index in [0.29, 0.717) is 23.9 Å². The van der Waals surface area contributed by atoms with Crippen LogP contribution in [0.4, 0.5) is 0 Å². The van der Waals surface area contributed by atoms with E-state index in [0.717, 1.165) is 17.8 Å². The summed E-state index contributed by atoms with van der Waals surface area (Å²) in [4.78, 5) is 10.5. The summed E-state index contributed by atoms with van der Waals surface area (Å²) in [6.07, 6.45) is 2.20. The van der Waals surface area contributed by atoms with Gasteiger partial charge in [0.15, 0.2) is 0 Å². The van der Waals surface area contributed by atoms with Gasteiger partial charge in [0.2, 0.25) is 0 Å². The van der Waals surface area contributed by atoms with Crippen LogP contribution in [0.25, 0.3) is 0 Å². The lowest BCUT2D eigenvalue weighted by molar-refractivity contribution is -0.137. The summed E-state index contributed by atoms with van der Waals surface area (Å²) in [5.74, 6) is -0.591. The molecule has 0 aliphatic heterocycles. The number of carbonyl (C=O) groups is 1. The van der Waals surface area contributed by atoms with Crippen LogP contribution in [0.15, 0.2) is 20.1 Å². The lowest BCUT2D eigenvalue weighted by Crippen LogP contribution is -2.26. The molecule has 0 amide bonds. The number of hydrogen-bond acceptors (Lipinski definition) is 4. The average molecular weight is 384 g/mol. The van der Waals surface area contributed by atoms with Crippen LogP contribution >= 0.6 is 27.3 Å². The zero-order chi connectivity index (χ0) is 15.2. The Morgan fingerprint density at radius 1 is 1.50 bits per heavy atom. The van der Waals surface area contributed by atoms with Crippen molar-refractivity contribution in [3.63, 3.8) is 0 Å². The minimum atomic E-state index is -3.48. The van der Waals surface area contributed by atoms with Crippen molar-refractivity contribution in [2.24, 2.45) is 5.92 Å². The molecule has 0 aliphatic rings. The lowest BCUT2D eigenvalue weighted by Gasteiger charge is -2.13. The molecular formula is C12H18BrNO4S2. The SMILES string of the molecule is CCC(CCNS(=O)(=O)c1sccc1Br)CCC(=O)O. The second-order valence-corrected chi connectivity index (χ2v) is 8.18. The summed E-state index contributed by atoms with van der Waals surface area (Å²) in [5, 5.41) is 10.4. The van der Waals surface area contributed by atoms with Crippen LogP contribution in [-0.2, 0) is 14.8 Å². The normalized spacial score (nSPS) is 13.3. The number of rotatable bonds is 9. The Balaban J connectivity index is 2.46. The minimum Gasteiger partial charge on any atom is -0.481 e. The number of carboxylic acids is 1. The highest BCUT2D eigenvalue weighted by Crippen LogP contribution is 2.27. The summed E-state index contributed by atoms with van der Waals surface area (Å²) < 4.78 is 27.4. The Kier molecular flexibility index (Phi) is 7.14. The van der Waals surface area contributed by atoms with Gasteiger partial charge >= 0.3 is 5.97 Å². The van der Waals surface area contributed by atoms with Crippen molar-refractivity contribution in [2.75, 3.05) is 6.54 Å². The summed E-state index contributed by atoms with van der Waals surface area (Å²) in [6, 6.07) is 1.70. The second kappa shape index (κ2) is 8.11. The molecule has 1 atom stereocenters. The first kappa shape index (κ1) is 17.6. The molecule has 20 heavy (non-hydrogen) atoms. The third-order valence-corrected chi connectivity index (χ3v) is 7.15. The van der Waals surface area contributed by atoms with Crippen LogP contribution in [0, 0.1) is 5.92 Å². The van der Waals surface area contributed by atoms with E-state index in [1.165, 1.54) is 0 Å². The molecule has 1 aromatic rings. The van der Waals surface area contributed by atoms with Gasteiger partial charge in [-0.2, -0.15) is 0 Å². The highest BCUT2D eigenvalue weighted by molar-refractivity contribution is 9.10. The number of hydrogen-bond donors (Lipinski definition) is 2. The fraction of sp³-hybridized carbons (Fsp3) is 0.583. The van der Waals surface area contributed by atoms with E-state index in [2.05, 4.69) is 20.7 Å².